The maximum Gasteiger partial charge on any atom is 0.365 e. The largest absolute Gasteiger partial charge is 0.476 e. The fourth-order valence-corrected chi connectivity index (χ4v) is 2.04. The minimum atomic E-state index is -0.986. The van der Waals surface area contributed by atoms with Crippen molar-refractivity contribution in [3.8, 4) is 0 Å². The predicted molar refractivity (Wildman–Crippen MR) is 63.0 cm³/mol. The molecule has 5 nitrogen and oxygen atoms in total. The molecule has 0 spiro atoms. The molecule has 0 aliphatic carbocycles. The van der Waals surface area contributed by atoms with Crippen LogP contribution in [0.5, 0.6) is 0 Å². The normalized spacial score (nSPS) is 12.5. The smallest absolute Gasteiger partial charge is 0.365 e. The molecule has 2 aromatic rings. The Bertz CT molecular complexity index is 493. The zero-order valence-corrected chi connectivity index (χ0v) is 10.0. The van der Waals surface area contributed by atoms with Gasteiger partial charge in [0.2, 0.25) is 5.01 Å². The molecule has 17 heavy (non-hydrogen) atoms. The van der Waals surface area contributed by atoms with Gasteiger partial charge in [-0.15, -0.1) is 11.3 Å². The summed E-state index contributed by atoms with van der Waals surface area (Å²) in [4.78, 5) is 14.6. The van der Waals surface area contributed by atoms with E-state index in [0.29, 0.717) is 6.54 Å². The van der Waals surface area contributed by atoms with Crippen LogP contribution in [-0.2, 0) is 6.54 Å². The van der Waals surface area contributed by atoms with Crippen molar-refractivity contribution in [1.82, 2.24) is 10.3 Å². The van der Waals surface area contributed by atoms with E-state index in [9.17, 15) is 4.79 Å². The van der Waals surface area contributed by atoms with E-state index < -0.39 is 5.97 Å². The van der Waals surface area contributed by atoms with Gasteiger partial charge < -0.3 is 14.8 Å². The van der Waals surface area contributed by atoms with Gasteiger partial charge in [-0.2, -0.15) is 0 Å². The van der Waals surface area contributed by atoms with Crippen LogP contribution >= 0.6 is 11.3 Å². The van der Waals surface area contributed by atoms with Gasteiger partial charge >= 0.3 is 5.97 Å². The van der Waals surface area contributed by atoms with Crippen molar-refractivity contribution in [2.24, 2.45) is 0 Å². The maximum absolute atomic E-state index is 10.7. The van der Waals surface area contributed by atoms with Crippen molar-refractivity contribution in [2.75, 3.05) is 0 Å². The molecule has 0 amide bonds. The Morgan fingerprint density at radius 3 is 3.12 bits per heavy atom. The number of carboxylic acids is 1. The number of hydrogen-bond acceptors (Lipinski definition) is 5. The lowest BCUT2D eigenvalue weighted by Gasteiger charge is -2.09. The number of thiazole rings is 1. The highest BCUT2D eigenvalue weighted by molar-refractivity contribution is 7.11. The molecule has 2 aromatic heterocycles. The molecule has 2 N–H and O–H groups in total. The SMILES string of the molecule is C[C@@H](NCc1csc(C(=O)O)n1)c1ccco1. The van der Waals surface area contributed by atoms with Gasteiger partial charge in [0, 0.05) is 11.9 Å². The molecule has 0 saturated carbocycles. The van der Waals surface area contributed by atoms with Gasteiger partial charge in [-0.25, -0.2) is 9.78 Å². The van der Waals surface area contributed by atoms with Crippen LogP contribution in [0.4, 0.5) is 0 Å². The van der Waals surface area contributed by atoms with Crippen LogP contribution < -0.4 is 5.32 Å². The summed E-state index contributed by atoms with van der Waals surface area (Å²) in [6.07, 6.45) is 1.62. The number of nitrogens with one attached hydrogen (secondary N) is 1. The lowest BCUT2D eigenvalue weighted by Crippen LogP contribution is -2.17. The highest BCUT2D eigenvalue weighted by atomic mass is 32.1. The average molecular weight is 252 g/mol. The summed E-state index contributed by atoms with van der Waals surface area (Å²) >= 11 is 1.13. The summed E-state index contributed by atoms with van der Waals surface area (Å²) in [5.41, 5.74) is 0.728. The van der Waals surface area contributed by atoms with Crippen molar-refractivity contribution < 1.29 is 14.3 Å². The Hall–Kier alpha value is -1.66. The Kier molecular flexibility index (Phi) is 3.55. The van der Waals surface area contributed by atoms with Gasteiger partial charge in [0.15, 0.2) is 0 Å². The van der Waals surface area contributed by atoms with E-state index in [0.717, 1.165) is 22.8 Å². The molecule has 2 heterocycles. The van der Waals surface area contributed by atoms with Crippen LogP contribution in [0, 0.1) is 0 Å². The summed E-state index contributed by atoms with van der Waals surface area (Å²) in [5.74, 6) is -0.140. The first-order valence-corrected chi connectivity index (χ1v) is 5.99. The third kappa shape index (κ3) is 2.92. The highest BCUT2D eigenvalue weighted by Gasteiger charge is 2.11. The maximum atomic E-state index is 10.7. The van der Waals surface area contributed by atoms with E-state index >= 15 is 0 Å². The molecule has 0 unspecified atom stereocenters. The van der Waals surface area contributed by atoms with Crippen molar-refractivity contribution >= 4 is 17.3 Å². The lowest BCUT2D eigenvalue weighted by molar-refractivity contribution is 0.0696. The molecule has 0 bridgehead atoms. The number of aromatic nitrogens is 1. The summed E-state index contributed by atoms with van der Waals surface area (Å²) in [6.45, 7) is 2.49. The second kappa shape index (κ2) is 5.11. The van der Waals surface area contributed by atoms with E-state index in [2.05, 4.69) is 10.3 Å². The number of furan rings is 1. The van der Waals surface area contributed by atoms with Gasteiger partial charge in [-0.05, 0) is 19.1 Å². The average Bonchev–Trinajstić information content (AvgIpc) is 2.97. The van der Waals surface area contributed by atoms with E-state index in [1.54, 1.807) is 11.6 Å². The first kappa shape index (κ1) is 11.8. The molecular formula is C11H12N2O3S. The lowest BCUT2D eigenvalue weighted by atomic mass is 10.2. The van der Waals surface area contributed by atoms with Crippen molar-refractivity contribution in [3.05, 3.63) is 40.2 Å². The molecule has 0 saturated heterocycles. The summed E-state index contributed by atoms with van der Waals surface area (Å²) in [5, 5.41) is 13.8. The molecule has 1 atom stereocenters. The van der Waals surface area contributed by atoms with Crippen LogP contribution in [0.25, 0.3) is 0 Å². The second-order valence-corrected chi connectivity index (χ2v) is 4.43. The standard InChI is InChI=1S/C11H12N2O3S/c1-7(9-3-2-4-16-9)12-5-8-6-17-10(13-8)11(14)15/h2-4,6-7,12H,5H2,1H3,(H,14,15)/t7-/m1/s1. The number of rotatable bonds is 5. The monoisotopic (exact) mass is 252 g/mol. The van der Waals surface area contributed by atoms with E-state index in [4.69, 9.17) is 9.52 Å². The molecule has 2 rings (SSSR count). The Labute approximate surface area is 102 Å². The van der Waals surface area contributed by atoms with Gasteiger partial charge in [-0.1, -0.05) is 0 Å². The fourth-order valence-electron chi connectivity index (χ4n) is 1.38. The molecule has 6 heteroatoms. The van der Waals surface area contributed by atoms with Crippen molar-refractivity contribution in [3.63, 3.8) is 0 Å². The molecule has 0 aliphatic heterocycles. The molecule has 90 valence electrons. The van der Waals surface area contributed by atoms with E-state index in [-0.39, 0.29) is 11.0 Å². The van der Waals surface area contributed by atoms with Crippen LogP contribution in [0.15, 0.2) is 28.2 Å². The molecule has 0 aliphatic rings. The summed E-state index contributed by atoms with van der Waals surface area (Å²) in [7, 11) is 0. The molecule has 0 radical (unpaired) electrons. The van der Waals surface area contributed by atoms with Crippen molar-refractivity contribution in [1.29, 1.82) is 0 Å². The topological polar surface area (TPSA) is 75.4 Å². The fraction of sp³-hybridized carbons (Fsp3) is 0.273. The number of carboxylic acid groups (broad SMARTS) is 1. The quantitative estimate of drug-likeness (QED) is 0.853. The highest BCUT2D eigenvalue weighted by Crippen LogP contribution is 2.14. The molecule has 0 fully saturated rings. The van der Waals surface area contributed by atoms with Crippen LogP contribution in [0.3, 0.4) is 0 Å². The van der Waals surface area contributed by atoms with Gasteiger partial charge in [-0.3, -0.25) is 0 Å². The molecular weight excluding hydrogens is 240 g/mol. The Balaban J connectivity index is 1.91. The Morgan fingerprint density at radius 1 is 1.71 bits per heavy atom. The first-order chi connectivity index (χ1) is 8.16. The second-order valence-electron chi connectivity index (χ2n) is 3.57. The summed E-state index contributed by atoms with van der Waals surface area (Å²) in [6, 6.07) is 3.79. The molecule has 0 aromatic carbocycles. The predicted octanol–water partition coefficient (Wildman–Crippen LogP) is 2.29. The first-order valence-electron chi connectivity index (χ1n) is 5.11. The third-order valence-corrected chi connectivity index (χ3v) is 3.17. The summed E-state index contributed by atoms with van der Waals surface area (Å²) < 4.78 is 5.25. The van der Waals surface area contributed by atoms with Crippen molar-refractivity contribution in [2.45, 2.75) is 19.5 Å². The minimum Gasteiger partial charge on any atom is -0.476 e. The number of hydrogen-bond donors (Lipinski definition) is 2. The van der Waals surface area contributed by atoms with E-state index in [1.807, 2.05) is 19.1 Å². The van der Waals surface area contributed by atoms with Gasteiger partial charge in [0.25, 0.3) is 0 Å². The minimum absolute atomic E-state index is 0.0694. The van der Waals surface area contributed by atoms with Crippen LogP contribution in [-0.4, -0.2) is 16.1 Å². The van der Waals surface area contributed by atoms with Gasteiger partial charge in [0.1, 0.15) is 5.76 Å². The van der Waals surface area contributed by atoms with Gasteiger partial charge in [0.05, 0.1) is 18.0 Å². The Morgan fingerprint density at radius 2 is 2.53 bits per heavy atom. The zero-order valence-electron chi connectivity index (χ0n) is 9.21. The number of aromatic carboxylic acids is 1. The number of nitrogens with zero attached hydrogens (tertiary/aromatic N) is 1. The third-order valence-electron chi connectivity index (χ3n) is 2.29. The zero-order chi connectivity index (χ0) is 12.3. The van der Waals surface area contributed by atoms with Crippen LogP contribution in [0.1, 0.15) is 34.2 Å². The van der Waals surface area contributed by atoms with E-state index in [1.165, 1.54) is 0 Å². The van der Waals surface area contributed by atoms with Crippen LogP contribution in [0.2, 0.25) is 0 Å². The number of carbonyl (C=O) groups is 1.